The Labute approximate surface area is 420 Å². The van der Waals surface area contributed by atoms with Crippen molar-refractivity contribution in [3.05, 3.63) is 23.0 Å². The van der Waals surface area contributed by atoms with Crippen LogP contribution >= 0.6 is 0 Å². The molecule has 0 spiro atoms. The van der Waals surface area contributed by atoms with Gasteiger partial charge >= 0.3 is 0 Å². The van der Waals surface area contributed by atoms with E-state index in [1.54, 1.807) is 0 Å². The van der Waals surface area contributed by atoms with E-state index in [4.69, 9.17) is 42.6 Å². The van der Waals surface area contributed by atoms with E-state index >= 15 is 0 Å². The summed E-state index contributed by atoms with van der Waals surface area (Å²) in [5.41, 5.74) is 2.59. The largest absolute Gasteiger partial charge is 0.494 e. The average Bonchev–Trinajstić information content (AvgIpc) is 3.85. The zero-order chi connectivity index (χ0) is 51.9. The van der Waals surface area contributed by atoms with Crippen LogP contribution in [-0.4, -0.2) is 216 Å². The Bertz CT molecular complexity index is 1920. The summed E-state index contributed by atoms with van der Waals surface area (Å²) in [5, 5.41) is 126. The van der Waals surface area contributed by atoms with Gasteiger partial charge in [-0.05, 0) is 112 Å². The summed E-state index contributed by atoms with van der Waals surface area (Å²) < 4.78 is 54.4. The molecule has 4 aliphatic carbocycles. The van der Waals surface area contributed by atoms with E-state index in [-0.39, 0.29) is 29.5 Å². The van der Waals surface area contributed by atoms with Crippen LogP contribution in [0.3, 0.4) is 0 Å². The van der Waals surface area contributed by atoms with Crippen LogP contribution in [0.25, 0.3) is 0 Å². The lowest BCUT2D eigenvalue weighted by Crippen LogP contribution is -2.65. The van der Waals surface area contributed by atoms with Crippen molar-refractivity contribution in [3.63, 3.8) is 0 Å². The van der Waals surface area contributed by atoms with Crippen LogP contribution in [-0.2, 0) is 42.6 Å². The normalized spacial score (nSPS) is 52.9. The van der Waals surface area contributed by atoms with Gasteiger partial charge in [-0.3, -0.25) is 0 Å². The molecule has 21 nitrogen and oxygen atoms in total. The third-order valence-corrected chi connectivity index (χ3v) is 18.8. The van der Waals surface area contributed by atoms with Crippen LogP contribution in [0.15, 0.2) is 23.0 Å². The van der Waals surface area contributed by atoms with Gasteiger partial charge in [0.05, 0.1) is 43.9 Å². The molecule has 5 heterocycles. The zero-order valence-corrected chi connectivity index (χ0v) is 42.2. The number of rotatable bonds is 14. The lowest BCUT2D eigenvalue weighted by Gasteiger charge is -2.58. The van der Waals surface area contributed by atoms with E-state index in [2.05, 4.69) is 26.8 Å². The van der Waals surface area contributed by atoms with Crippen molar-refractivity contribution < 1.29 is 104 Å². The van der Waals surface area contributed by atoms with Gasteiger partial charge in [0.25, 0.3) is 0 Å². The van der Waals surface area contributed by atoms with Crippen molar-refractivity contribution in [3.8, 4) is 0 Å². The highest BCUT2D eigenvalue weighted by Gasteiger charge is 2.64. The summed E-state index contributed by atoms with van der Waals surface area (Å²) in [6.07, 6.45) is -18.4. The Morgan fingerprint density at radius 1 is 0.667 bits per heavy atom. The van der Waals surface area contributed by atoms with E-state index in [0.717, 1.165) is 50.7 Å². The lowest BCUT2D eigenvalue weighted by molar-refractivity contribution is -0.374. The van der Waals surface area contributed by atoms with Crippen LogP contribution in [0.1, 0.15) is 99.3 Å². The van der Waals surface area contributed by atoms with Crippen LogP contribution in [0.5, 0.6) is 0 Å². The van der Waals surface area contributed by atoms with Gasteiger partial charge in [-0.2, -0.15) is 0 Å². The van der Waals surface area contributed by atoms with Crippen molar-refractivity contribution in [1.29, 1.82) is 0 Å². The van der Waals surface area contributed by atoms with Crippen molar-refractivity contribution in [2.75, 3.05) is 19.8 Å². The summed E-state index contributed by atoms with van der Waals surface area (Å²) in [4.78, 5) is 0. The third kappa shape index (κ3) is 10.0. The highest BCUT2D eigenvalue weighted by Crippen LogP contribution is 2.69. The Balaban J connectivity index is 0.842. The Kier molecular flexibility index (Phi) is 16.7. The van der Waals surface area contributed by atoms with Gasteiger partial charge in [0, 0.05) is 12.3 Å². The standard InChI is InChI=1S/C51H82O21/c1-20(18-64-47-43(62)40(59)36(55)31(17-52)70-47)7-10-29-21(2)33-30(69-29)16-28-26-9-8-24-15-25(11-13-50(24,5)27(26)12-14-51(28,33)6)68-49-45(72-48-44(63)39(58)35(54)23(4)67-48)41(60)37(56)32(71-49)19-65-46-42(61)38(57)34(53)22(3)66-46/h8,20,22-23,25-28,30-49,52-63H,7,9-19H2,1-6H3/t20-,22+,23+,25+,26?,27?,28?,30?,31-,32-,33?,34+,35+,36-,37-,38-,39-,40+,41+,42-,43-,44-,45-,46-,47-,48+,49-,50+,51+/m1/s1. The van der Waals surface area contributed by atoms with Crippen LogP contribution in [0.4, 0.5) is 0 Å². The Morgan fingerprint density at radius 2 is 1.28 bits per heavy atom. The van der Waals surface area contributed by atoms with E-state index in [1.165, 1.54) is 25.0 Å². The molecule has 9 aliphatic rings. The first-order valence-electron chi connectivity index (χ1n) is 26.4. The molecule has 72 heavy (non-hydrogen) atoms. The first kappa shape index (κ1) is 55.2. The number of hydrogen-bond acceptors (Lipinski definition) is 21. The molecule has 29 atom stereocenters. The van der Waals surface area contributed by atoms with Gasteiger partial charge in [-0.25, -0.2) is 0 Å². The molecule has 0 amide bonds. The minimum absolute atomic E-state index is 0.0680. The fourth-order valence-electron chi connectivity index (χ4n) is 14.4. The van der Waals surface area contributed by atoms with Crippen LogP contribution in [0.2, 0.25) is 0 Å². The second kappa shape index (κ2) is 21.7. The summed E-state index contributed by atoms with van der Waals surface area (Å²) >= 11 is 0. The Morgan fingerprint density at radius 3 is 1.96 bits per heavy atom. The molecule has 9 rings (SSSR count). The highest BCUT2D eigenvalue weighted by molar-refractivity contribution is 5.30. The smallest absolute Gasteiger partial charge is 0.187 e. The third-order valence-electron chi connectivity index (χ3n) is 18.8. The van der Waals surface area contributed by atoms with Gasteiger partial charge in [0.2, 0.25) is 0 Å². The minimum Gasteiger partial charge on any atom is -0.494 e. The highest BCUT2D eigenvalue weighted by atomic mass is 16.8. The molecule has 412 valence electrons. The first-order valence-corrected chi connectivity index (χ1v) is 26.4. The molecule has 0 bridgehead atoms. The van der Waals surface area contributed by atoms with Gasteiger partial charge in [-0.15, -0.1) is 0 Å². The fourth-order valence-corrected chi connectivity index (χ4v) is 14.4. The van der Waals surface area contributed by atoms with Crippen LogP contribution < -0.4 is 0 Å². The van der Waals surface area contributed by atoms with E-state index in [1.807, 2.05) is 6.92 Å². The molecule has 12 N–H and O–H groups in total. The molecule has 3 saturated carbocycles. The van der Waals surface area contributed by atoms with Crippen molar-refractivity contribution in [2.45, 2.75) is 234 Å². The SMILES string of the molecule is CC1=C(CC[C@@H](C)CO[C@@H]2O[C@H](CO)[C@@H](O)[C@H](O)[C@H]2O)OC2CC3C4CC=C5C[C@@H](O[C@@H]6O[C@H](CO[C@@H]7O[C@@H](C)[C@H](O)[C@@H](O)[C@H]7O)[C@@H](O)[C@H](O)[C@H]6O[C@@H]6O[C@@H](C)[C@H](O)[C@@H](O)[C@H]6O)CC[C@]5(C)C4CC[C@]3(C)C12. The summed E-state index contributed by atoms with van der Waals surface area (Å²) in [6, 6.07) is 0. The van der Waals surface area contributed by atoms with E-state index < -0.39 is 142 Å². The molecule has 0 radical (unpaired) electrons. The van der Waals surface area contributed by atoms with Crippen molar-refractivity contribution in [2.24, 2.45) is 40.4 Å². The number of allylic oxidation sites excluding steroid dienone is 2. The zero-order valence-electron chi connectivity index (χ0n) is 42.2. The molecular formula is C51H82O21. The summed E-state index contributed by atoms with van der Waals surface area (Å²) in [6.45, 7) is 11.4. The molecule has 4 saturated heterocycles. The first-order chi connectivity index (χ1) is 34.1. The van der Waals surface area contributed by atoms with Gasteiger partial charge in [0.1, 0.15) is 91.6 Å². The number of ether oxygens (including phenoxy) is 9. The monoisotopic (exact) mass is 1030 g/mol. The van der Waals surface area contributed by atoms with E-state index in [0.29, 0.717) is 36.5 Å². The summed E-state index contributed by atoms with van der Waals surface area (Å²) in [5.74, 6) is 2.80. The second-order valence-corrected chi connectivity index (χ2v) is 23.3. The van der Waals surface area contributed by atoms with Crippen LogP contribution in [0, 0.1) is 40.4 Å². The van der Waals surface area contributed by atoms with Crippen molar-refractivity contribution >= 4 is 0 Å². The molecule has 0 aromatic rings. The molecule has 0 aromatic carbocycles. The number of fused-ring (bicyclic) bond motifs is 7. The average molecular weight is 1030 g/mol. The topological polar surface area (TPSA) is 326 Å². The predicted octanol–water partition coefficient (Wildman–Crippen LogP) is -1.03. The maximum Gasteiger partial charge on any atom is 0.187 e. The Hall–Kier alpha value is -1.52. The predicted molar refractivity (Wildman–Crippen MR) is 247 cm³/mol. The molecule has 0 aromatic heterocycles. The quantitative estimate of drug-likeness (QED) is 0.0926. The van der Waals surface area contributed by atoms with Gasteiger partial charge in [0.15, 0.2) is 25.2 Å². The fraction of sp³-hybridized carbons (Fsp3) is 0.922. The minimum atomic E-state index is -1.71. The molecule has 5 unspecified atom stereocenters. The molecule has 5 aliphatic heterocycles. The number of hydrogen-bond donors (Lipinski definition) is 12. The number of aliphatic hydroxyl groups is 12. The molecule has 21 heteroatoms. The maximum atomic E-state index is 11.7. The van der Waals surface area contributed by atoms with Crippen molar-refractivity contribution in [1.82, 2.24) is 0 Å². The lowest BCUT2D eigenvalue weighted by atomic mass is 9.47. The second-order valence-electron chi connectivity index (χ2n) is 23.3. The molecular weight excluding hydrogens is 949 g/mol. The van der Waals surface area contributed by atoms with Gasteiger partial charge in [-0.1, -0.05) is 32.4 Å². The van der Waals surface area contributed by atoms with E-state index in [9.17, 15) is 61.3 Å². The maximum absolute atomic E-state index is 11.7. The molecule has 7 fully saturated rings. The van der Waals surface area contributed by atoms with Gasteiger partial charge < -0.3 is 104 Å². The summed E-state index contributed by atoms with van der Waals surface area (Å²) in [7, 11) is 0. The number of aliphatic hydroxyl groups excluding tert-OH is 12.